The van der Waals surface area contributed by atoms with Gasteiger partial charge in [-0.25, -0.2) is 0 Å². The van der Waals surface area contributed by atoms with Gasteiger partial charge in [0.1, 0.15) is 11.5 Å². The summed E-state index contributed by atoms with van der Waals surface area (Å²) in [6.07, 6.45) is 2.40. The molecule has 4 rings (SSSR count). The van der Waals surface area contributed by atoms with Crippen LogP contribution in [0.5, 0.6) is 11.5 Å². The number of benzene rings is 2. The van der Waals surface area contributed by atoms with Gasteiger partial charge in [0.25, 0.3) is 5.91 Å². The molecule has 2 aliphatic heterocycles. The summed E-state index contributed by atoms with van der Waals surface area (Å²) < 4.78 is 10.7. The standard InChI is InChI=1S/C23H26N2O4/c1-28-20-12-18(13-21(14-20)29-2)17-9-11-24(15-17)23(27)16-5-7-19(8-6-16)25-10-3-4-22(25)26/h5-8,12-14,17H,3-4,9-11,15H2,1-2H3. The first-order valence-corrected chi connectivity index (χ1v) is 10.0. The Morgan fingerprint density at radius 3 is 2.28 bits per heavy atom. The second-order valence-electron chi connectivity index (χ2n) is 7.58. The minimum atomic E-state index is 0.0293. The van der Waals surface area contributed by atoms with E-state index in [1.54, 1.807) is 19.1 Å². The first kappa shape index (κ1) is 19.3. The van der Waals surface area contributed by atoms with Crippen LogP contribution in [-0.2, 0) is 4.79 Å². The van der Waals surface area contributed by atoms with Crippen molar-refractivity contribution in [3.63, 3.8) is 0 Å². The lowest BCUT2D eigenvalue weighted by molar-refractivity contribution is -0.117. The molecule has 2 saturated heterocycles. The van der Waals surface area contributed by atoms with Gasteiger partial charge in [0.2, 0.25) is 5.91 Å². The molecule has 0 N–H and O–H groups in total. The van der Waals surface area contributed by atoms with Gasteiger partial charge in [-0.15, -0.1) is 0 Å². The Bertz CT molecular complexity index is 887. The first-order chi connectivity index (χ1) is 14.1. The predicted molar refractivity (Wildman–Crippen MR) is 111 cm³/mol. The lowest BCUT2D eigenvalue weighted by Gasteiger charge is -2.19. The molecule has 152 valence electrons. The minimum absolute atomic E-state index is 0.0293. The van der Waals surface area contributed by atoms with Crippen LogP contribution in [0.2, 0.25) is 0 Å². The molecule has 2 aromatic carbocycles. The summed E-state index contributed by atoms with van der Waals surface area (Å²) in [5.41, 5.74) is 2.65. The second-order valence-corrected chi connectivity index (χ2v) is 7.58. The van der Waals surface area contributed by atoms with Gasteiger partial charge in [-0.05, 0) is 54.8 Å². The highest BCUT2D eigenvalue weighted by atomic mass is 16.5. The van der Waals surface area contributed by atoms with Crippen molar-refractivity contribution in [1.82, 2.24) is 4.90 Å². The fourth-order valence-electron chi connectivity index (χ4n) is 4.17. The molecule has 29 heavy (non-hydrogen) atoms. The molecular weight excluding hydrogens is 368 g/mol. The van der Waals surface area contributed by atoms with Crippen LogP contribution in [0.4, 0.5) is 5.69 Å². The van der Waals surface area contributed by atoms with E-state index in [0.29, 0.717) is 18.5 Å². The van der Waals surface area contributed by atoms with Crippen molar-refractivity contribution < 1.29 is 19.1 Å². The fourth-order valence-corrected chi connectivity index (χ4v) is 4.17. The van der Waals surface area contributed by atoms with Crippen molar-refractivity contribution in [1.29, 1.82) is 0 Å². The Morgan fingerprint density at radius 2 is 1.69 bits per heavy atom. The number of anilines is 1. The summed E-state index contributed by atoms with van der Waals surface area (Å²) in [5.74, 6) is 1.96. The molecule has 0 spiro atoms. The molecule has 0 aliphatic carbocycles. The lowest BCUT2D eigenvalue weighted by atomic mass is 9.98. The minimum Gasteiger partial charge on any atom is -0.497 e. The summed E-state index contributed by atoms with van der Waals surface area (Å²) in [5, 5.41) is 0. The normalized spacial score (nSPS) is 19.0. The number of amides is 2. The number of carbonyl (C=O) groups is 2. The van der Waals surface area contributed by atoms with Crippen LogP contribution in [0.15, 0.2) is 42.5 Å². The number of likely N-dealkylation sites (tertiary alicyclic amines) is 1. The van der Waals surface area contributed by atoms with E-state index in [1.807, 2.05) is 47.4 Å². The highest BCUT2D eigenvalue weighted by molar-refractivity contribution is 5.97. The van der Waals surface area contributed by atoms with Crippen molar-refractivity contribution in [3.8, 4) is 11.5 Å². The summed E-state index contributed by atoms with van der Waals surface area (Å²) in [6, 6.07) is 13.3. The zero-order valence-corrected chi connectivity index (χ0v) is 16.9. The molecule has 0 saturated carbocycles. The van der Waals surface area contributed by atoms with Crippen LogP contribution >= 0.6 is 0 Å². The maximum Gasteiger partial charge on any atom is 0.253 e. The van der Waals surface area contributed by atoms with Crippen LogP contribution in [0.25, 0.3) is 0 Å². The monoisotopic (exact) mass is 394 g/mol. The number of carbonyl (C=O) groups excluding carboxylic acids is 2. The molecule has 2 amide bonds. The molecular formula is C23H26N2O4. The van der Waals surface area contributed by atoms with Crippen molar-refractivity contribution in [2.45, 2.75) is 25.2 Å². The topological polar surface area (TPSA) is 59.1 Å². The van der Waals surface area contributed by atoms with Gasteiger partial charge in [-0.2, -0.15) is 0 Å². The Kier molecular flexibility index (Phi) is 5.43. The van der Waals surface area contributed by atoms with Crippen LogP contribution in [0, 0.1) is 0 Å². The second kappa shape index (κ2) is 8.15. The van der Waals surface area contributed by atoms with Crippen LogP contribution in [0.1, 0.15) is 41.1 Å². The highest BCUT2D eigenvalue weighted by Gasteiger charge is 2.29. The third kappa shape index (κ3) is 3.92. The molecule has 2 aromatic rings. The van der Waals surface area contributed by atoms with Gasteiger partial charge in [-0.1, -0.05) is 0 Å². The number of ether oxygens (including phenoxy) is 2. The maximum atomic E-state index is 13.0. The number of hydrogen-bond acceptors (Lipinski definition) is 4. The van der Waals surface area contributed by atoms with Crippen molar-refractivity contribution in [2.24, 2.45) is 0 Å². The van der Waals surface area contributed by atoms with E-state index in [1.165, 1.54) is 0 Å². The first-order valence-electron chi connectivity index (χ1n) is 10.0. The van der Waals surface area contributed by atoms with Gasteiger partial charge in [-0.3, -0.25) is 9.59 Å². The van der Waals surface area contributed by atoms with Gasteiger partial charge >= 0.3 is 0 Å². The zero-order chi connectivity index (χ0) is 20.4. The Balaban J connectivity index is 1.45. The average Bonchev–Trinajstić information content (AvgIpc) is 3.42. The molecule has 2 aliphatic rings. The summed E-state index contributed by atoms with van der Waals surface area (Å²) in [4.78, 5) is 28.5. The molecule has 0 bridgehead atoms. The zero-order valence-electron chi connectivity index (χ0n) is 16.9. The van der Waals surface area contributed by atoms with Gasteiger partial charge in [0.05, 0.1) is 14.2 Å². The van der Waals surface area contributed by atoms with Crippen molar-refractivity contribution in [2.75, 3.05) is 38.8 Å². The molecule has 6 heteroatoms. The molecule has 6 nitrogen and oxygen atoms in total. The Hall–Kier alpha value is -3.02. The molecule has 1 atom stereocenters. The summed E-state index contributed by atoms with van der Waals surface area (Å²) in [6.45, 7) is 2.14. The third-order valence-electron chi connectivity index (χ3n) is 5.82. The summed E-state index contributed by atoms with van der Waals surface area (Å²) in [7, 11) is 3.28. The highest BCUT2D eigenvalue weighted by Crippen LogP contribution is 2.33. The largest absolute Gasteiger partial charge is 0.497 e. The average molecular weight is 394 g/mol. The predicted octanol–water partition coefficient (Wildman–Crippen LogP) is 3.46. The quantitative estimate of drug-likeness (QED) is 0.779. The molecule has 2 fully saturated rings. The van der Waals surface area contributed by atoms with E-state index >= 15 is 0 Å². The van der Waals surface area contributed by atoms with Gasteiger partial charge in [0.15, 0.2) is 0 Å². The van der Waals surface area contributed by atoms with Gasteiger partial charge in [0, 0.05) is 49.3 Å². The maximum absolute atomic E-state index is 13.0. The molecule has 0 radical (unpaired) electrons. The van der Waals surface area contributed by atoms with Crippen LogP contribution in [-0.4, -0.2) is 50.6 Å². The summed E-state index contributed by atoms with van der Waals surface area (Å²) >= 11 is 0. The number of nitrogens with zero attached hydrogens (tertiary/aromatic N) is 2. The SMILES string of the molecule is COc1cc(OC)cc(C2CCN(C(=O)c3ccc(N4CCCC4=O)cc3)C2)c1. The van der Waals surface area contributed by atoms with E-state index in [-0.39, 0.29) is 17.7 Å². The van der Waals surface area contributed by atoms with E-state index in [4.69, 9.17) is 9.47 Å². The lowest BCUT2D eigenvalue weighted by Crippen LogP contribution is -2.28. The number of rotatable bonds is 5. The number of hydrogen-bond donors (Lipinski definition) is 0. The van der Waals surface area contributed by atoms with E-state index in [2.05, 4.69) is 0 Å². The molecule has 0 aromatic heterocycles. The number of methoxy groups -OCH3 is 2. The molecule has 1 unspecified atom stereocenters. The Labute approximate surface area is 171 Å². The van der Waals surface area contributed by atoms with Gasteiger partial charge < -0.3 is 19.3 Å². The Morgan fingerprint density at radius 1 is 1.00 bits per heavy atom. The smallest absolute Gasteiger partial charge is 0.253 e. The van der Waals surface area contributed by atoms with Crippen molar-refractivity contribution in [3.05, 3.63) is 53.6 Å². The van der Waals surface area contributed by atoms with E-state index in [9.17, 15) is 9.59 Å². The fraction of sp³-hybridized carbons (Fsp3) is 0.391. The van der Waals surface area contributed by atoms with E-state index < -0.39 is 0 Å². The third-order valence-corrected chi connectivity index (χ3v) is 5.82. The molecule has 2 heterocycles. The van der Waals surface area contributed by atoms with Crippen LogP contribution in [0.3, 0.4) is 0 Å². The van der Waals surface area contributed by atoms with Crippen molar-refractivity contribution >= 4 is 17.5 Å². The van der Waals surface area contributed by atoms with Crippen LogP contribution < -0.4 is 14.4 Å². The van der Waals surface area contributed by atoms with E-state index in [0.717, 1.165) is 48.7 Å².